The van der Waals surface area contributed by atoms with Crippen LogP contribution in [0.15, 0.2) is 12.1 Å². The predicted molar refractivity (Wildman–Crippen MR) is 53.0 cm³/mol. The number of nitrogens with two attached hydrogens (primary N) is 1. The zero-order chi connectivity index (χ0) is 11.6. The summed E-state index contributed by atoms with van der Waals surface area (Å²) in [5, 5.41) is 0. The van der Waals surface area contributed by atoms with Crippen molar-refractivity contribution in [1.29, 1.82) is 0 Å². The van der Waals surface area contributed by atoms with E-state index in [1.807, 2.05) is 13.8 Å². The first-order chi connectivity index (χ1) is 6.88. The van der Waals surface area contributed by atoms with E-state index in [9.17, 15) is 13.2 Å². The molecule has 0 atom stereocenters. The SMILES string of the molecule is CC(C)(CCN)c1cc(F)c(F)c(F)c1. The van der Waals surface area contributed by atoms with Gasteiger partial charge in [0, 0.05) is 0 Å². The van der Waals surface area contributed by atoms with Gasteiger partial charge in [0.1, 0.15) is 0 Å². The van der Waals surface area contributed by atoms with Crippen molar-refractivity contribution in [3.8, 4) is 0 Å². The molecular weight excluding hydrogens is 203 g/mol. The molecule has 1 nitrogen and oxygen atoms in total. The summed E-state index contributed by atoms with van der Waals surface area (Å²) in [6, 6.07) is 2.04. The molecule has 0 fully saturated rings. The molecule has 0 saturated carbocycles. The van der Waals surface area contributed by atoms with Gasteiger partial charge in [0.15, 0.2) is 17.5 Å². The van der Waals surface area contributed by atoms with E-state index in [0.29, 0.717) is 18.5 Å². The number of rotatable bonds is 3. The largest absolute Gasteiger partial charge is 0.330 e. The molecule has 0 bridgehead atoms. The maximum Gasteiger partial charge on any atom is 0.194 e. The molecule has 0 aliphatic rings. The average molecular weight is 217 g/mol. The van der Waals surface area contributed by atoms with E-state index >= 15 is 0 Å². The Morgan fingerprint density at radius 1 is 1.13 bits per heavy atom. The van der Waals surface area contributed by atoms with Crippen LogP contribution in [0.1, 0.15) is 25.8 Å². The Kier molecular flexibility index (Phi) is 3.39. The van der Waals surface area contributed by atoms with E-state index in [-0.39, 0.29) is 0 Å². The Bertz CT molecular complexity index is 338. The van der Waals surface area contributed by atoms with Gasteiger partial charge in [-0.3, -0.25) is 0 Å². The smallest absolute Gasteiger partial charge is 0.194 e. The highest BCUT2D eigenvalue weighted by atomic mass is 19.2. The quantitative estimate of drug-likeness (QED) is 0.774. The average Bonchev–Trinajstić information content (AvgIpc) is 2.13. The molecule has 84 valence electrons. The van der Waals surface area contributed by atoms with Crippen molar-refractivity contribution in [3.63, 3.8) is 0 Å². The summed E-state index contributed by atoms with van der Waals surface area (Å²) >= 11 is 0. The first kappa shape index (κ1) is 12.0. The fourth-order valence-corrected chi connectivity index (χ4v) is 1.45. The number of halogens is 3. The molecule has 2 N–H and O–H groups in total. The van der Waals surface area contributed by atoms with Gasteiger partial charge >= 0.3 is 0 Å². The number of hydrogen-bond acceptors (Lipinski definition) is 1. The van der Waals surface area contributed by atoms with Gasteiger partial charge in [-0.1, -0.05) is 13.8 Å². The van der Waals surface area contributed by atoms with E-state index in [1.165, 1.54) is 0 Å². The van der Waals surface area contributed by atoms with Gasteiger partial charge < -0.3 is 5.73 Å². The molecule has 0 unspecified atom stereocenters. The van der Waals surface area contributed by atoms with Crippen LogP contribution in [0.3, 0.4) is 0 Å². The number of benzene rings is 1. The third-order valence-corrected chi connectivity index (χ3v) is 2.53. The highest BCUT2D eigenvalue weighted by Gasteiger charge is 2.23. The zero-order valence-corrected chi connectivity index (χ0v) is 8.78. The molecule has 1 aromatic carbocycles. The molecular formula is C11H14F3N. The lowest BCUT2D eigenvalue weighted by Crippen LogP contribution is -2.22. The normalized spacial score (nSPS) is 11.9. The second kappa shape index (κ2) is 4.23. The fraction of sp³-hybridized carbons (Fsp3) is 0.455. The summed E-state index contributed by atoms with van der Waals surface area (Å²) in [7, 11) is 0. The summed E-state index contributed by atoms with van der Waals surface area (Å²) in [5.41, 5.74) is 5.36. The van der Waals surface area contributed by atoms with E-state index < -0.39 is 22.9 Å². The second-order valence-corrected chi connectivity index (χ2v) is 4.18. The number of hydrogen-bond donors (Lipinski definition) is 1. The Hall–Kier alpha value is -1.03. The highest BCUT2D eigenvalue weighted by Crippen LogP contribution is 2.28. The van der Waals surface area contributed by atoms with Crippen LogP contribution in [0.5, 0.6) is 0 Å². The molecule has 0 amide bonds. The Morgan fingerprint density at radius 3 is 2.00 bits per heavy atom. The van der Waals surface area contributed by atoms with Crippen LogP contribution in [0.2, 0.25) is 0 Å². The Balaban J connectivity index is 3.16. The summed E-state index contributed by atoms with van der Waals surface area (Å²) in [4.78, 5) is 0. The molecule has 0 aliphatic carbocycles. The van der Waals surface area contributed by atoms with Gasteiger partial charge in [0.05, 0.1) is 0 Å². The molecule has 15 heavy (non-hydrogen) atoms. The van der Waals surface area contributed by atoms with Crippen LogP contribution in [0, 0.1) is 17.5 Å². The van der Waals surface area contributed by atoms with Gasteiger partial charge in [0.2, 0.25) is 0 Å². The van der Waals surface area contributed by atoms with Crippen molar-refractivity contribution in [2.75, 3.05) is 6.54 Å². The van der Waals surface area contributed by atoms with E-state index in [2.05, 4.69) is 0 Å². The van der Waals surface area contributed by atoms with Crippen molar-refractivity contribution in [2.24, 2.45) is 5.73 Å². The van der Waals surface area contributed by atoms with Gasteiger partial charge in [-0.2, -0.15) is 0 Å². The van der Waals surface area contributed by atoms with Gasteiger partial charge in [-0.05, 0) is 36.1 Å². The zero-order valence-electron chi connectivity index (χ0n) is 8.78. The van der Waals surface area contributed by atoms with Crippen LogP contribution in [0.4, 0.5) is 13.2 Å². The third kappa shape index (κ3) is 2.50. The van der Waals surface area contributed by atoms with Crippen molar-refractivity contribution in [1.82, 2.24) is 0 Å². The van der Waals surface area contributed by atoms with E-state index in [0.717, 1.165) is 12.1 Å². The summed E-state index contributed by atoms with van der Waals surface area (Å²) in [6.07, 6.45) is 0.581. The fourth-order valence-electron chi connectivity index (χ4n) is 1.45. The first-order valence-corrected chi connectivity index (χ1v) is 4.73. The molecule has 0 aromatic heterocycles. The first-order valence-electron chi connectivity index (χ1n) is 4.73. The van der Waals surface area contributed by atoms with E-state index in [4.69, 9.17) is 5.73 Å². The molecule has 1 aromatic rings. The lowest BCUT2D eigenvalue weighted by Gasteiger charge is -2.24. The summed E-state index contributed by atoms with van der Waals surface area (Å²) in [6.45, 7) is 4.03. The van der Waals surface area contributed by atoms with Gasteiger partial charge in [-0.15, -0.1) is 0 Å². The minimum atomic E-state index is -1.43. The maximum absolute atomic E-state index is 13.0. The van der Waals surface area contributed by atoms with Gasteiger partial charge in [-0.25, -0.2) is 13.2 Å². The molecule has 0 radical (unpaired) electrons. The minimum Gasteiger partial charge on any atom is -0.330 e. The van der Waals surface area contributed by atoms with Crippen LogP contribution < -0.4 is 5.73 Å². The van der Waals surface area contributed by atoms with Crippen molar-refractivity contribution in [3.05, 3.63) is 35.1 Å². The minimum absolute atomic E-state index is 0.410. The lowest BCUT2D eigenvalue weighted by atomic mass is 9.81. The van der Waals surface area contributed by atoms with Crippen LogP contribution in [-0.4, -0.2) is 6.54 Å². The monoisotopic (exact) mass is 217 g/mol. The van der Waals surface area contributed by atoms with Gasteiger partial charge in [0.25, 0.3) is 0 Å². The standard InChI is InChI=1S/C11H14F3N/c1-11(2,3-4-15)7-5-8(12)10(14)9(13)6-7/h5-6H,3-4,15H2,1-2H3. The van der Waals surface area contributed by atoms with E-state index in [1.54, 1.807) is 0 Å². The molecule has 0 aliphatic heterocycles. The molecule has 1 rings (SSSR count). The molecule has 0 saturated heterocycles. The topological polar surface area (TPSA) is 26.0 Å². The van der Waals surface area contributed by atoms with Crippen LogP contribution in [-0.2, 0) is 5.41 Å². The predicted octanol–water partition coefficient (Wildman–Crippen LogP) is 2.73. The Labute approximate surface area is 87.1 Å². The van der Waals surface area contributed by atoms with Crippen molar-refractivity contribution < 1.29 is 13.2 Å². The van der Waals surface area contributed by atoms with Crippen molar-refractivity contribution >= 4 is 0 Å². The highest BCUT2D eigenvalue weighted by molar-refractivity contribution is 5.26. The maximum atomic E-state index is 13.0. The molecule has 0 heterocycles. The second-order valence-electron chi connectivity index (χ2n) is 4.18. The van der Waals surface area contributed by atoms with Crippen LogP contribution in [0.25, 0.3) is 0 Å². The lowest BCUT2D eigenvalue weighted by molar-refractivity contribution is 0.429. The molecule has 0 spiro atoms. The third-order valence-electron chi connectivity index (χ3n) is 2.53. The Morgan fingerprint density at radius 2 is 1.60 bits per heavy atom. The molecule has 4 heteroatoms. The van der Waals surface area contributed by atoms with Crippen molar-refractivity contribution in [2.45, 2.75) is 25.7 Å². The summed E-state index contributed by atoms with van der Waals surface area (Å²) in [5.74, 6) is -3.74. The summed E-state index contributed by atoms with van der Waals surface area (Å²) < 4.78 is 38.6. The van der Waals surface area contributed by atoms with Crippen LogP contribution >= 0.6 is 0 Å².